The predicted octanol–water partition coefficient (Wildman–Crippen LogP) is 10.8. The average Bonchev–Trinajstić information content (AvgIpc) is 3.06. The van der Waals surface area contributed by atoms with E-state index in [4.69, 9.17) is 4.74 Å². The fourth-order valence-electron chi connectivity index (χ4n) is 5.33. The predicted molar refractivity (Wildman–Crippen MR) is 177 cm³/mol. The quantitative estimate of drug-likeness (QED) is 0.159. The summed E-state index contributed by atoms with van der Waals surface area (Å²) < 4.78 is 51.4. The highest BCUT2D eigenvalue weighted by molar-refractivity contribution is 5.81. The second kappa shape index (κ2) is 12.8. The van der Waals surface area contributed by atoms with Crippen LogP contribution in [-0.2, 0) is 0 Å². The molecule has 0 amide bonds. The molecule has 0 aliphatic carbocycles. The van der Waals surface area contributed by atoms with Gasteiger partial charge in [0.1, 0.15) is 11.6 Å². The third-order valence-corrected chi connectivity index (χ3v) is 7.25. The van der Waals surface area contributed by atoms with Gasteiger partial charge in [-0.2, -0.15) is 4.39 Å². The lowest BCUT2D eigenvalue weighted by molar-refractivity contribution is 0.395. The third kappa shape index (κ3) is 6.28. The first-order chi connectivity index (χ1) is 22.2. The molecule has 230 valence electrons. The Morgan fingerprint density at radius 3 is 1.72 bits per heavy atom. The highest BCUT2D eigenvalue weighted by atomic mass is 19.2. The van der Waals surface area contributed by atoms with Gasteiger partial charge in [-0.3, -0.25) is 4.98 Å². The summed E-state index contributed by atoms with van der Waals surface area (Å²) in [5.74, 6) is -4.02. The molecule has 0 unspecified atom stereocenters. The van der Waals surface area contributed by atoms with E-state index in [1.165, 1.54) is 12.3 Å². The lowest BCUT2D eigenvalue weighted by Gasteiger charge is -2.37. The molecule has 0 atom stereocenters. The second-order valence-electron chi connectivity index (χ2n) is 11.6. The third-order valence-electron chi connectivity index (χ3n) is 7.25. The zero-order chi connectivity index (χ0) is 32.3. The maximum absolute atomic E-state index is 15.4. The van der Waals surface area contributed by atoms with E-state index < -0.39 is 28.7 Å². The first kappa shape index (κ1) is 30.4. The summed E-state index contributed by atoms with van der Waals surface area (Å²) in [6, 6.07) is 36.6. The zero-order valence-corrected chi connectivity index (χ0v) is 25.5. The molecule has 0 aliphatic heterocycles. The van der Waals surface area contributed by atoms with E-state index in [9.17, 15) is 8.78 Å². The van der Waals surface area contributed by atoms with Crippen molar-refractivity contribution < 1.29 is 17.9 Å². The van der Waals surface area contributed by atoms with Gasteiger partial charge in [-0.05, 0) is 81.4 Å². The van der Waals surface area contributed by atoms with Crippen molar-refractivity contribution in [1.29, 1.82) is 0 Å². The van der Waals surface area contributed by atoms with Gasteiger partial charge in [0.15, 0.2) is 17.4 Å². The van der Waals surface area contributed by atoms with E-state index in [2.05, 4.69) is 30.7 Å². The smallest absolute Gasteiger partial charge is 0.204 e. The van der Waals surface area contributed by atoms with Gasteiger partial charge in [0.25, 0.3) is 0 Å². The number of benzene rings is 4. The average molecular weight is 617 g/mol. The van der Waals surface area contributed by atoms with Crippen molar-refractivity contribution in [2.45, 2.75) is 26.3 Å². The Hall–Kier alpha value is -5.63. The normalized spacial score (nSPS) is 11.3. The van der Waals surface area contributed by atoms with Crippen molar-refractivity contribution in [1.82, 2.24) is 9.97 Å². The van der Waals surface area contributed by atoms with Gasteiger partial charge >= 0.3 is 0 Å². The van der Waals surface area contributed by atoms with Crippen LogP contribution in [0.4, 0.5) is 41.7 Å². The molecule has 2 aromatic heterocycles. The molecular weight excluding hydrogens is 585 g/mol. The van der Waals surface area contributed by atoms with Gasteiger partial charge < -0.3 is 14.5 Å². The minimum Gasteiger partial charge on any atom is -0.454 e. The minimum absolute atomic E-state index is 0.145. The maximum atomic E-state index is 15.4. The van der Waals surface area contributed by atoms with Crippen LogP contribution in [0, 0.1) is 17.5 Å². The molecule has 5 nitrogen and oxygen atoms in total. The van der Waals surface area contributed by atoms with E-state index in [0.717, 1.165) is 17.4 Å². The van der Waals surface area contributed by atoms with Crippen molar-refractivity contribution in [2.75, 3.05) is 9.80 Å². The number of hydrogen-bond donors (Lipinski definition) is 0. The molecule has 0 fully saturated rings. The Kier molecular flexibility index (Phi) is 8.44. The largest absolute Gasteiger partial charge is 0.454 e. The van der Waals surface area contributed by atoms with Crippen LogP contribution in [0.15, 0.2) is 134 Å². The van der Waals surface area contributed by atoms with Crippen LogP contribution < -0.4 is 14.5 Å². The molecule has 8 heteroatoms. The highest BCUT2D eigenvalue weighted by Crippen LogP contribution is 2.43. The Morgan fingerprint density at radius 1 is 0.565 bits per heavy atom. The van der Waals surface area contributed by atoms with Crippen LogP contribution in [0.2, 0.25) is 0 Å². The number of para-hydroxylation sites is 2. The summed E-state index contributed by atoms with van der Waals surface area (Å²) in [4.78, 5) is 12.8. The fraction of sp³-hybridized carbons (Fsp3) is 0.105. The van der Waals surface area contributed by atoms with Gasteiger partial charge in [-0.25, -0.2) is 13.8 Å². The lowest BCUT2D eigenvalue weighted by atomic mass is 10.0. The molecule has 0 aliphatic rings. The van der Waals surface area contributed by atoms with E-state index in [-0.39, 0.29) is 17.0 Å². The summed E-state index contributed by atoms with van der Waals surface area (Å²) in [7, 11) is 0. The first-order valence-corrected chi connectivity index (χ1v) is 14.7. The Morgan fingerprint density at radius 2 is 1.15 bits per heavy atom. The summed E-state index contributed by atoms with van der Waals surface area (Å²) >= 11 is 0. The SMILES string of the molecule is CC(C)(C)N(c1cc(Oc2cc(-c3ccccn3)c(F)c(F)c2F)cc(N(c2ccccc2)c2ccccc2)c1)c1ccccn1. The van der Waals surface area contributed by atoms with Crippen LogP contribution in [0.1, 0.15) is 20.8 Å². The van der Waals surface area contributed by atoms with Gasteiger partial charge in [0.05, 0.1) is 11.4 Å². The van der Waals surface area contributed by atoms with Crippen LogP contribution in [0.3, 0.4) is 0 Å². The summed E-state index contributed by atoms with van der Waals surface area (Å²) in [6.45, 7) is 6.15. The molecule has 0 radical (unpaired) electrons. The van der Waals surface area contributed by atoms with E-state index >= 15 is 4.39 Å². The Labute approximate surface area is 266 Å². The molecule has 0 spiro atoms. The fourth-order valence-corrected chi connectivity index (χ4v) is 5.33. The number of pyridine rings is 2. The highest BCUT2D eigenvalue weighted by Gasteiger charge is 2.28. The molecule has 6 aromatic rings. The van der Waals surface area contributed by atoms with Crippen LogP contribution in [-0.4, -0.2) is 15.5 Å². The molecule has 46 heavy (non-hydrogen) atoms. The molecule has 0 saturated carbocycles. The van der Waals surface area contributed by atoms with E-state index in [0.29, 0.717) is 17.2 Å². The molecule has 0 bridgehead atoms. The lowest BCUT2D eigenvalue weighted by Crippen LogP contribution is -2.38. The molecule has 4 aromatic carbocycles. The van der Waals surface area contributed by atoms with E-state index in [1.807, 2.05) is 94.7 Å². The van der Waals surface area contributed by atoms with Crippen LogP contribution >= 0.6 is 0 Å². The van der Waals surface area contributed by atoms with Crippen LogP contribution in [0.5, 0.6) is 11.5 Å². The van der Waals surface area contributed by atoms with Gasteiger partial charge in [-0.15, -0.1) is 0 Å². The van der Waals surface area contributed by atoms with Crippen LogP contribution in [0.25, 0.3) is 11.3 Å². The molecule has 0 saturated heterocycles. The molecular formula is C38H31F3N4O. The number of hydrogen-bond acceptors (Lipinski definition) is 5. The second-order valence-corrected chi connectivity index (χ2v) is 11.6. The summed E-state index contributed by atoms with van der Waals surface area (Å²) in [5, 5.41) is 0. The molecule has 0 N–H and O–H groups in total. The monoisotopic (exact) mass is 616 g/mol. The summed E-state index contributed by atoms with van der Waals surface area (Å²) in [6.07, 6.45) is 3.16. The molecule has 6 rings (SSSR count). The number of nitrogens with zero attached hydrogens (tertiary/aromatic N) is 4. The first-order valence-electron chi connectivity index (χ1n) is 14.7. The van der Waals surface area contributed by atoms with Crippen molar-refractivity contribution in [3.63, 3.8) is 0 Å². The molecule has 2 heterocycles. The van der Waals surface area contributed by atoms with E-state index in [1.54, 1.807) is 30.5 Å². The zero-order valence-electron chi connectivity index (χ0n) is 25.5. The van der Waals surface area contributed by atoms with Crippen molar-refractivity contribution >= 4 is 28.6 Å². The van der Waals surface area contributed by atoms with Crippen molar-refractivity contribution in [3.05, 3.63) is 151 Å². The van der Waals surface area contributed by atoms with Crippen molar-refractivity contribution in [3.8, 4) is 22.8 Å². The Bertz CT molecular complexity index is 1900. The topological polar surface area (TPSA) is 41.5 Å². The maximum Gasteiger partial charge on any atom is 0.204 e. The number of anilines is 5. The van der Waals surface area contributed by atoms with Gasteiger partial charge in [0.2, 0.25) is 5.82 Å². The Balaban J connectivity index is 1.57. The number of halogens is 3. The van der Waals surface area contributed by atoms with Gasteiger partial charge in [-0.1, -0.05) is 48.5 Å². The summed E-state index contributed by atoms with van der Waals surface area (Å²) in [5.41, 5.74) is 2.57. The standard InChI is InChI=1S/C38H31F3N4O/c1-38(2,3)45(34-19-11-13-21-43-34)29-22-28(44(26-14-6-4-7-15-26)27-16-8-5-9-17-27)23-30(24-29)46-33-25-31(32-18-10-12-20-42-32)35(39)37(41)36(33)40/h4-25H,1-3H3. The van der Waals surface area contributed by atoms with Crippen molar-refractivity contribution in [2.24, 2.45) is 0 Å². The number of rotatable bonds is 8. The van der Waals surface area contributed by atoms with Gasteiger partial charge in [0, 0.05) is 52.7 Å². The number of ether oxygens (including phenoxy) is 1. The number of aromatic nitrogens is 2. The minimum atomic E-state index is -1.64.